The molecule has 1 heterocycles. The fourth-order valence-electron chi connectivity index (χ4n) is 7.54. The van der Waals surface area contributed by atoms with Gasteiger partial charge in [-0.1, -0.05) is 63.3 Å². The SMILES string of the molecule is Cc1c(/C=C/CO)cc(F)c2c1C(=O)C1=C(O)[C@]3(O[Si](C)(C)C(C)(C)C)C(=O)c4c(OCc5ccccc5)noc4[C@@H](N(C)C)[C@@H]3C[C@@H]1C2. The molecule has 1 aromatic heterocycles. The van der Waals surface area contributed by atoms with Crippen LogP contribution < -0.4 is 4.74 Å². The summed E-state index contributed by atoms with van der Waals surface area (Å²) in [7, 11) is 0.844. The molecule has 11 heteroatoms. The Bertz CT molecular complexity index is 1870. The van der Waals surface area contributed by atoms with E-state index in [1.807, 2.05) is 83.2 Å². The van der Waals surface area contributed by atoms with Crippen LogP contribution in [0, 0.1) is 24.6 Å². The van der Waals surface area contributed by atoms with Crippen molar-refractivity contribution in [2.45, 2.75) is 76.9 Å². The van der Waals surface area contributed by atoms with Crippen LogP contribution >= 0.6 is 0 Å². The van der Waals surface area contributed by atoms with Gasteiger partial charge in [0.2, 0.25) is 5.78 Å². The first kappa shape index (κ1) is 34.9. The highest BCUT2D eigenvalue weighted by Crippen LogP contribution is 2.59. The number of Topliss-reactive ketones (excluding diaryl/α,β-unsaturated/α-hetero) is 2. The van der Waals surface area contributed by atoms with Gasteiger partial charge in [-0.25, -0.2) is 4.39 Å². The third kappa shape index (κ3) is 5.51. The molecule has 3 aliphatic rings. The van der Waals surface area contributed by atoms with Gasteiger partial charge in [-0.05, 0) is 91.4 Å². The molecule has 0 bridgehead atoms. The van der Waals surface area contributed by atoms with Crippen LogP contribution in [0.15, 0.2) is 58.3 Å². The van der Waals surface area contributed by atoms with E-state index in [0.29, 0.717) is 16.9 Å². The average molecular weight is 689 g/mol. The second-order valence-corrected chi connectivity index (χ2v) is 19.9. The van der Waals surface area contributed by atoms with Crippen molar-refractivity contribution in [2.24, 2.45) is 11.8 Å². The number of fused-ring (bicyclic) bond motifs is 4. The molecule has 2 N–H and O–H groups in total. The number of hydrogen-bond acceptors (Lipinski definition) is 9. The van der Waals surface area contributed by atoms with Gasteiger partial charge in [0.15, 0.2) is 25.5 Å². The summed E-state index contributed by atoms with van der Waals surface area (Å²) in [5, 5.41) is 25.9. The Labute approximate surface area is 287 Å². The number of benzene rings is 2. The number of halogens is 1. The number of nitrogens with zero attached hydrogens (tertiary/aromatic N) is 2. The maximum atomic E-state index is 15.7. The molecular formula is C38H45FN2O7Si. The topological polar surface area (TPSA) is 122 Å². The fraction of sp³-hybridized carbons (Fsp3) is 0.447. The van der Waals surface area contributed by atoms with E-state index in [1.54, 1.807) is 13.0 Å². The number of carbonyl (C=O) groups excluding carboxylic acids is 2. The van der Waals surface area contributed by atoms with Crippen LogP contribution in [0.5, 0.6) is 5.88 Å². The Hall–Kier alpha value is -3.90. The zero-order chi connectivity index (χ0) is 35.6. The summed E-state index contributed by atoms with van der Waals surface area (Å²) in [5.74, 6) is -3.03. The van der Waals surface area contributed by atoms with E-state index in [2.05, 4.69) is 5.16 Å². The highest BCUT2D eigenvalue weighted by Gasteiger charge is 2.67. The molecule has 0 spiro atoms. The first-order valence-corrected chi connectivity index (χ1v) is 19.6. The van der Waals surface area contributed by atoms with Gasteiger partial charge in [0.1, 0.15) is 23.7 Å². The summed E-state index contributed by atoms with van der Waals surface area (Å²) in [4.78, 5) is 31.8. The van der Waals surface area contributed by atoms with E-state index >= 15 is 9.18 Å². The first-order valence-electron chi connectivity index (χ1n) is 16.7. The Morgan fingerprint density at radius 3 is 2.49 bits per heavy atom. The number of carbonyl (C=O) groups is 2. The van der Waals surface area contributed by atoms with Crippen LogP contribution in [-0.4, -0.2) is 66.5 Å². The standard InChI is InChI=1S/C38H45FN2O7Si/c1-21-23(15-12-16-42)19-27(39)25-17-24-18-26-31(41(5)6)33-30(36(40-47-33)46-20-22-13-10-9-11-14-22)35(45)38(26,48-49(7,8)37(2,3)4)34(44)29(24)32(43)28(21)25/h9-15,19,24,26,31,42,44H,16-18,20H2,1-8H3/b15-12+/t24-,26-,31-,38-/m0/s1. The number of hydrogen-bond donors (Lipinski definition) is 2. The smallest absolute Gasteiger partial charge is 0.265 e. The van der Waals surface area contributed by atoms with Crippen LogP contribution in [0.25, 0.3) is 6.08 Å². The molecule has 49 heavy (non-hydrogen) atoms. The van der Waals surface area contributed by atoms with Gasteiger partial charge in [0, 0.05) is 17.1 Å². The minimum absolute atomic E-state index is 0.00849. The average Bonchev–Trinajstić information content (AvgIpc) is 3.45. The highest BCUT2D eigenvalue weighted by atomic mass is 28.4. The normalized spacial score (nSPS) is 23.9. The minimum atomic E-state index is -2.87. The zero-order valence-electron chi connectivity index (χ0n) is 29.4. The van der Waals surface area contributed by atoms with Gasteiger partial charge in [-0.2, -0.15) is 0 Å². The maximum absolute atomic E-state index is 15.7. The van der Waals surface area contributed by atoms with Crippen molar-refractivity contribution in [1.82, 2.24) is 10.1 Å². The Balaban J connectivity index is 1.58. The van der Waals surface area contributed by atoms with Crippen LogP contribution in [-0.2, 0) is 17.5 Å². The van der Waals surface area contributed by atoms with E-state index in [9.17, 15) is 15.0 Å². The molecule has 0 radical (unpaired) electrons. The third-order valence-electron chi connectivity index (χ3n) is 11.0. The largest absolute Gasteiger partial charge is 0.508 e. The van der Waals surface area contributed by atoms with E-state index in [4.69, 9.17) is 13.7 Å². The number of aliphatic hydroxyl groups is 2. The Kier molecular flexibility index (Phi) is 8.88. The number of rotatable bonds is 8. The fourth-order valence-corrected chi connectivity index (χ4v) is 8.99. The minimum Gasteiger partial charge on any atom is -0.508 e. The van der Waals surface area contributed by atoms with Gasteiger partial charge < -0.3 is 23.9 Å². The number of ether oxygens (including phenoxy) is 1. The summed E-state index contributed by atoms with van der Waals surface area (Å²) < 4.78 is 34.9. The van der Waals surface area contributed by atoms with E-state index in [0.717, 1.165) is 5.56 Å². The molecule has 0 amide bonds. The van der Waals surface area contributed by atoms with Crippen molar-refractivity contribution in [3.8, 4) is 5.88 Å². The van der Waals surface area contributed by atoms with Crippen molar-refractivity contribution in [3.05, 3.63) is 98.8 Å². The molecule has 0 fully saturated rings. The zero-order valence-corrected chi connectivity index (χ0v) is 30.4. The van der Waals surface area contributed by atoms with Gasteiger partial charge in [-0.3, -0.25) is 14.5 Å². The van der Waals surface area contributed by atoms with Gasteiger partial charge >= 0.3 is 0 Å². The third-order valence-corrected chi connectivity index (χ3v) is 15.4. The molecule has 3 aliphatic carbocycles. The van der Waals surface area contributed by atoms with Crippen LogP contribution in [0.4, 0.5) is 4.39 Å². The highest BCUT2D eigenvalue weighted by molar-refractivity contribution is 6.74. The molecule has 0 saturated carbocycles. The lowest BCUT2D eigenvalue weighted by Gasteiger charge is -2.55. The number of allylic oxidation sites excluding steroid dienone is 1. The van der Waals surface area contributed by atoms with Gasteiger partial charge in [-0.15, -0.1) is 0 Å². The molecule has 6 rings (SSSR count). The van der Waals surface area contributed by atoms with Gasteiger partial charge in [0.05, 0.1) is 12.6 Å². The summed E-state index contributed by atoms with van der Waals surface area (Å²) in [6.45, 7) is 11.8. The molecule has 0 unspecified atom stereocenters. The molecule has 2 aromatic carbocycles. The van der Waals surface area contributed by atoms with Crippen molar-refractivity contribution < 1.29 is 37.9 Å². The second kappa shape index (κ2) is 12.5. The van der Waals surface area contributed by atoms with Crippen molar-refractivity contribution in [1.29, 1.82) is 0 Å². The molecule has 3 aromatic rings. The van der Waals surface area contributed by atoms with Crippen molar-refractivity contribution in [3.63, 3.8) is 0 Å². The molecular weight excluding hydrogens is 644 g/mol. The van der Waals surface area contributed by atoms with Crippen LogP contribution in [0.2, 0.25) is 18.1 Å². The first-order chi connectivity index (χ1) is 23.0. The summed E-state index contributed by atoms with van der Waals surface area (Å²) >= 11 is 0. The van der Waals surface area contributed by atoms with Gasteiger partial charge in [0.25, 0.3) is 5.88 Å². The quantitative estimate of drug-likeness (QED) is 0.238. The van der Waals surface area contributed by atoms with E-state index in [1.165, 1.54) is 12.1 Å². The number of aromatic nitrogens is 1. The summed E-state index contributed by atoms with van der Waals surface area (Å²) in [5.41, 5.74) is 0.498. The summed E-state index contributed by atoms with van der Waals surface area (Å²) in [6, 6.07) is 10.2. The predicted molar refractivity (Wildman–Crippen MR) is 186 cm³/mol. The molecule has 0 aliphatic heterocycles. The Morgan fingerprint density at radius 2 is 1.86 bits per heavy atom. The molecule has 9 nitrogen and oxygen atoms in total. The molecule has 260 valence electrons. The lowest BCUT2D eigenvalue weighted by atomic mass is 9.58. The number of ketones is 2. The van der Waals surface area contributed by atoms with Crippen LogP contribution in [0.3, 0.4) is 0 Å². The molecule has 0 saturated heterocycles. The summed E-state index contributed by atoms with van der Waals surface area (Å²) in [6.07, 6.45) is 3.46. The lowest BCUT2D eigenvalue weighted by Crippen LogP contribution is -2.65. The van der Waals surface area contributed by atoms with E-state index in [-0.39, 0.29) is 59.2 Å². The van der Waals surface area contributed by atoms with Crippen molar-refractivity contribution >= 4 is 26.0 Å². The number of aliphatic hydroxyl groups excluding tert-OH is 2. The van der Waals surface area contributed by atoms with Crippen molar-refractivity contribution in [2.75, 3.05) is 20.7 Å². The van der Waals surface area contributed by atoms with E-state index < -0.39 is 54.9 Å². The molecule has 4 atom stereocenters. The monoisotopic (exact) mass is 688 g/mol. The maximum Gasteiger partial charge on any atom is 0.265 e. The predicted octanol–water partition coefficient (Wildman–Crippen LogP) is 7.15. The Morgan fingerprint density at radius 1 is 1.16 bits per heavy atom. The second-order valence-electron chi connectivity index (χ2n) is 15.2. The van der Waals surface area contributed by atoms with Crippen LogP contribution in [0.1, 0.15) is 82.0 Å². The lowest BCUT2D eigenvalue weighted by molar-refractivity contribution is -0.0481.